The first-order valence-corrected chi connectivity index (χ1v) is 3.19. The van der Waals surface area contributed by atoms with E-state index in [1.807, 2.05) is 0 Å². The summed E-state index contributed by atoms with van der Waals surface area (Å²) in [5.74, 6) is -2.00. The number of carboxylic acid groups (broad SMARTS) is 2. The van der Waals surface area contributed by atoms with Crippen molar-refractivity contribution in [3.63, 3.8) is 0 Å². The molecule has 0 aliphatic heterocycles. The minimum Gasteiger partial charge on any atom is -0.481 e. The quantitative estimate of drug-likeness (QED) is 0.493. The van der Waals surface area contributed by atoms with Gasteiger partial charge < -0.3 is 15.5 Å². The first-order chi connectivity index (χ1) is 5.07. The van der Waals surface area contributed by atoms with Crippen LogP contribution < -0.4 is 5.32 Å². The summed E-state index contributed by atoms with van der Waals surface area (Å²) in [5, 5.41) is 19.1. The fraction of sp³-hybridized carbons (Fsp3) is 0.667. The molecule has 0 heterocycles. The van der Waals surface area contributed by atoms with Crippen molar-refractivity contribution < 1.29 is 19.8 Å². The third-order valence-corrected chi connectivity index (χ3v) is 1.29. The van der Waals surface area contributed by atoms with Crippen molar-refractivity contribution in [1.29, 1.82) is 0 Å². The molecule has 4 radical (unpaired) electrons. The van der Waals surface area contributed by atoms with E-state index in [4.69, 9.17) is 10.2 Å². The third kappa shape index (κ3) is 19.4. The molecule has 3 N–H and O–H groups in total. The van der Waals surface area contributed by atoms with E-state index in [0.717, 1.165) is 0 Å². The predicted octanol–water partition coefficient (Wildman–Crippen LogP) is -2.00. The molecule has 0 saturated carbocycles. The van der Waals surface area contributed by atoms with Gasteiger partial charge in [0, 0.05) is 125 Å². The van der Waals surface area contributed by atoms with Gasteiger partial charge in [-0.3, -0.25) is 9.59 Å². The molecule has 0 fully saturated rings. The van der Waals surface area contributed by atoms with E-state index in [9.17, 15) is 9.59 Å². The first-order valence-electron chi connectivity index (χ1n) is 3.19. The normalized spacial score (nSPS) is 9.13. The van der Waals surface area contributed by atoms with Crippen LogP contribution in [0.3, 0.4) is 0 Å². The van der Waals surface area contributed by atoms with Crippen LogP contribution in [0.5, 0.6) is 0 Å². The number of hydrogen-bond acceptors (Lipinski definition) is 3. The molecule has 1 atom stereocenters. The number of hydrogen-bond donors (Lipinski definition) is 3. The molecule has 0 bridgehead atoms. The van der Waals surface area contributed by atoms with Gasteiger partial charge in [-0.25, -0.2) is 0 Å². The predicted molar refractivity (Wildman–Crippen MR) is 60.4 cm³/mol. The zero-order valence-electron chi connectivity index (χ0n) is 10.2. The minimum absolute atomic E-state index is 0. The number of likely N-dealkylation sites (N-methyl/N-ethyl adjacent to an activating group) is 1. The van der Waals surface area contributed by atoms with Crippen molar-refractivity contribution in [3.05, 3.63) is 0 Å². The van der Waals surface area contributed by atoms with Crippen LogP contribution in [0.25, 0.3) is 0 Å². The first kappa shape index (κ1) is 30.7. The van der Waals surface area contributed by atoms with Gasteiger partial charge in [-0.2, -0.15) is 0 Å². The van der Waals surface area contributed by atoms with Gasteiger partial charge >= 0.3 is 11.9 Å². The van der Waals surface area contributed by atoms with Gasteiger partial charge in [0.1, 0.15) is 6.04 Å². The number of carbonyl (C=O) groups is 2. The Balaban J connectivity index is -0.0000000833. The molecule has 68 valence electrons. The second-order valence-corrected chi connectivity index (χ2v) is 2.11. The molecule has 0 unspecified atom stereocenters. The molecule has 0 rings (SSSR count). The molecule has 0 aliphatic carbocycles. The summed E-state index contributed by atoms with van der Waals surface area (Å²) >= 11 is 0. The second kappa shape index (κ2) is 19.2. The molecule has 0 aromatic heterocycles. The Morgan fingerprint density at radius 3 is 1.73 bits per heavy atom. The van der Waals surface area contributed by atoms with Crippen LogP contribution in [0.15, 0.2) is 0 Å². The van der Waals surface area contributed by atoms with Gasteiger partial charge in [-0.1, -0.05) is 0 Å². The van der Waals surface area contributed by atoms with E-state index in [2.05, 4.69) is 5.32 Å². The molecule has 15 heavy (non-hydrogen) atoms. The number of aliphatic carboxylic acids is 2. The number of carboxylic acids is 2. The van der Waals surface area contributed by atoms with Gasteiger partial charge in [0.2, 0.25) is 0 Å². The standard InChI is InChI=1S/C6H11NO4.4Na/c1-7-4(6(10)11)2-3-5(8)9;;;;/h4,7H,2-3H2,1H3,(H,8,9)(H,10,11);;;;/t4-;;;;/m0..../s1. The van der Waals surface area contributed by atoms with Crippen molar-refractivity contribution in [2.24, 2.45) is 0 Å². The van der Waals surface area contributed by atoms with Crippen molar-refractivity contribution in [1.82, 2.24) is 5.32 Å². The van der Waals surface area contributed by atoms with Crippen LogP contribution in [0.2, 0.25) is 0 Å². The molecule has 0 aromatic carbocycles. The Morgan fingerprint density at radius 2 is 1.53 bits per heavy atom. The Bertz CT molecular complexity index is 169. The summed E-state index contributed by atoms with van der Waals surface area (Å²) < 4.78 is 0. The van der Waals surface area contributed by atoms with Crippen LogP contribution in [0.1, 0.15) is 12.8 Å². The topological polar surface area (TPSA) is 86.6 Å². The summed E-state index contributed by atoms with van der Waals surface area (Å²) in [6.45, 7) is 0. The van der Waals surface area contributed by atoms with Crippen LogP contribution in [0, 0.1) is 0 Å². The third-order valence-electron chi connectivity index (χ3n) is 1.29. The summed E-state index contributed by atoms with van der Waals surface area (Å²) in [6.07, 6.45) is -0.0149. The van der Waals surface area contributed by atoms with E-state index in [0.29, 0.717) is 0 Å². The van der Waals surface area contributed by atoms with Gasteiger partial charge in [0.25, 0.3) is 0 Å². The van der Waals surface area contributed by atoms with Crippen molar-refractivity contribution in [2.45, 2.75) is 18.9 Å². The Hall–Kier alpha value is 2.90. The SMILES string of the molecule is CN[C@@H](CCC(=O)O)C(=O)O.[Na].[Na].[Na].[Na]. The van der Waals surface area contributed by atoms with Gasteiger partial charge in [-0.15, -0.1) is 0 Å². The second-order valence-electron chi connectivity index (χ2n) is 2.11. The Kier molecular flexibility index (Phi) is 39.4. The summed E-state index contributed by atoms with van der Waals surface area (Å²) in [4.78, 5) is 20.3. The number of nitrogens with one attached hydrogen (secondary N) is 1. The Labute approximate surface area is 178 Å². The average Bonchev–Trinajstić information content (AvgIpc) is 1.87. The van der Waals surface area contributed by atoms with Gasteiger partial charge in [0.05, 0.1) is 0 Å². The van der Waals surface area contributed by atoms with Gasteiger partial charge in [0.15, 0.2) is 0 Å². The largest absolute Gasteiger partial charge is 0.481 e. The van der Waals surface area contributed by atoms with E-state index >= 15 is 0 Å². The minimum atomic E-state index is -1.02. The van der Waals surface area contributed by atoms with E-state index < -0.39 is 18.0 Å². The smallest absolute Gasteiger partial charge is 0.320 e. The maximum absolute atomic E-state index is 10.3. The molecular formula is C6H11NNa4O4. The van der Waals surface area contributed by atoms with Crippen molar-refractivity contribution in [3.8, 4) is 0 Å². The van der Waals surface area contributed by atoms with Crippen molar-refractivity contribution >= 4 is 130 Å². The zero-order chi connectivity index (χ0) is 8.85. The molecule has 0 spiro atoms. The van der Waals surface area contributed by atoms with Crippen LogP contribution >= 0.6 is 0 Å². The number of rotatable bonds is 5. The zero-order valence-corrected chi connectivity index (χ0v) is 18.2. The summed E-state index contributed by atoms with van der Waals surface area (Å²) in [5.41, 5.74) is 0. The van der Waals surface area contributed by atoms with Crippen LogP contribution in [-0.2, 0) is 9.59 Å². The molecular weight excluding hydrogens is 242 g/mol. The maximum atomic E-state index is 10.3. The molecule has 5 nitrogen and oxygen atoms in total. The van der Waals surface area contributed by atoms with Crippen molar-refractivity contribution in [2.75, 3.05) is 7.05 Å². The maximum Gasteiger partial charge on any atom is 0.320 e. The molecule has 9 heteroatoms. The molecule has 0 amide bonds. The molecule has 0 aromatic rings. The van der Waals surface area contributed by atoms with E-state index in [1.165, 1.54) is 7.05 Å². The summed E-state index contributed by atoms with van der Waals surface area (Å²) in [6, 6.07) is -0.758. The van der Waals surface area contributed by atoms with Crippen LogP contribution in [0.4, 0.5) is 0 Å². The average molecular weight is 253 g/mol. The molecule has 0 saturated heterocycles. The Morgan fingerprint density at radius 1 is 1.13 bits per heavy atom. The molecule has 0 aliphatic rings. The summed E-state index contributed by atoms with van der Waals surface area (Å²) in [7, 11) is 1.49. The fourth-order valence-corrected chi connectivity index (χ4v) is 0.659. The van der Waals surface area contributed by atoms with E-state index in [-0.39, 0.29) is 131 Å². The monoisotopic (exact) mass is 253 g/mol. The fourth-order valence-electron chi connectivity index (χ4n) is 0.659. The van der Waals surface area contributed by atoms with Gasteiger partial charge in [-0.05, 0) is 13.5 Å². The van der Waals surface area contributed by atoms with Crippen LogP contribution in [-0.4, -0.2) is 153 Å². The van der Waals surface area contributed by atoms with E-state index in [1.54, 1.807) is 0 Å².